The Bertz CT molecular complexity index is 1510. The van der Waals surface area contributed by atoms with Crippen molar-refractivity contribution in [1.29, 1.82) is 5.26 Å². The standard InChI is InChI=1S/C24H27N5O4S2/c1-16-3-5-20(6-4-16)35(32,33)29-8-7-22-23(26-15-27-24(22)29)28(2)19-9-18(10-19)14-34(30,31)21-11-17(12-21)13-25/h3-8,15,17-19,21H,9-12,14H2,1-2H3/t17?,18-,19+,21?. The van der Waals surface area contributed by atoms with Gasteiger partial charge in [-0.1, -0.05) is 17.7 Å². The summed E-state index contributed by atoms with van der Waals surface area (Å²) in [5.74, 6) is 0.731. The van der Waals surface area contributed by atoms with E-state index in [1.165, 1.54) is 16.5 Å². The average molecular weight is 514 g/mol. The number of aryl methyl sites for hydroxylation is 1. The number of hydrogen-bond donors (Lipinski definition) is 0. The van der Waals surface area contributed by atoms with E-state index in [4.69, 9.17) is 5.26 Å². The predicted molar refractivity (Wildman–Crippen MR) is 132 cm³/mol. The molecule has 0 atom stereocenters. The average Bonchev–Trinajstić information content (AvgIpc) is 3.20. The van der Waals surface area contributed by atoms with Crippen LogP contribution in [-0.4, -0.2) is 54.9 Å². The lowest BCUT2D eigenvalue weighted by atomic mass is 9.80. The Labute approximate surface area is 205 Å². The Balaban J connectivity index is 1.31. The van der Waals surface area contributed by atoms with Gasteiger partial charge in [0.25, 0.3) is 10.0 Å². The van der Waals surface area contributed by atoms with Gasteiger partial charge < -0.3 is 4.90 Å². The number of rotatable bonds is 7. The first kappa shape index (κ1) is 23.8. The van der Waals surface area contributed by atoms with E-state index < -0.39 is 19.9 Å². The highest BCUT2D eigenvalue weighted by molar-refractivity contribution is 7.92. The number of hydrogen-bond acceptors (Lipinski definition) is 8. The third-order valence-electron chi connectivity index (χ3n) is 7.35. The van der Waals surface area contributed by atoms with Gasteiger partial charge in [-0.15, -0.1) is 0 Å². The fourth-order valence-corrected chi connectivity index (χ4v) is 8.52. The summed E-state index contributed by atoms with van der Waals surface area (Å²) in [7, 11) is -5.10. The minimum atomic E-state index is -3.81. The van der Waals surface area contributed by atoms with Gasteiger partial charge in [0.2, 0.25) is 0 Å². The number of sulfone groups is 1. The second-order valence-electron chi connectivity index (χ2n) is 9.72. The van der Waals surface area contributed by atoms with Crippen LogP contribution in [0.5, 0.6) is 0 Å². The summed E-state index contributed by atoms with van der Waals surface area (Å²) in [4.78, 5) is 10.8. The summed E-state index contributed by atoms with van der Waals surface area (Å²) >= 11 is 0. The molecule has 1 aromatic carbocycles. The largest absolute Gasteiger partial charge is 0.356 e. The zero-order chi connectivity index (χ0) is 25.0. The van der Waals surface area contributed by atoms with Crippen molar-refractivity contribution in [3.8, 4) is 6.07 Å². The van der Waals surface area contributed by atoms with Crippen molar-refractivity contribution in [3.63, 3.8) is 0 Å². The smallest absolute Gasteiger partial charge is 0.269 e. The van der Waals surface area contributed by atoms with Crippen LogP contribution >= 0.6 is 0 Å². The molecule has 0 radical (unpaired) electrons. The summed E-state index contributed by atoms with van der Waals surface area (Å²) in [6, 6.07) is 10.6. The topological polar surface area (TPSA) is 126 Å². The number of aromatic nitrogens is 3. The maximum Gasteiger partial charge on any atom is 0.269 e. The first-order valence-corrected chi connectivity index (χ1v) is 14.7. The lowest BCUT2D eigenvalue weighted by Gasteiger charge is -2.42. The number of fused-ring (bicyclic) bond motifs is 1. The molecule has 9 nitrogen and oxygen atoms in total. The molecule has 0 spiro atoms. The van der Waals surface area contributed by atoms with Gasteiger partial charge >= 0.3 is 0 Å². The fourth-order valence-electron chi connectivity index (χ4n) is 4.97. The minimum absolute atomic E-state index is 0.0810. The Morgan fingerprint density at radius 1 is 1.06 bits per heavy atom. The SMILES string of the molecule is Cc1ccc(S(=O)(=O)n2ccc3c(N(C)[C@H]4C[C@@H](CS(=O)(=O)C5CC(C#N)C5)C4)ncnc32)cc1. The highest BCUT2D eigenvalue weighted by Gasteiger charge is 2.43. The highest BCUT2D eigenvalue weighted by Crippen LogP contribution is 2.39. The number of anilines is 1. The van der Waals surface area contributed by atoms with Crippen LogP contribution in [-0.2, 0) is 19.9 Å². The molecule has 3 aromatic rings. The van der Waals surface area contributed by atoms with E-state index >= 15 is 0 Å². The quantitative estimate of drug-likeness (QED) is 0.472. The molecule has 2 aliphatic carbocycles. The normalized spacial score (nSPS) is 24.4. The molecule has 0 amide bonds. The van der Waals surface area contributed by atoms with E-state index in [0.717, 1.165) is 18.4 Å². The van der Waals surface area contributed by atoms with Crippen LogP contribution in [0.15, 0.2) is 47.8 Å². The molecule has 0 saturated heterocycles. The minimum Gasteiger partial charge on any atom is -0.356 e. The number of nitrogens with zero attached hydrogens (tertiary/aromatic N) is 5. The molecule has 35 heavy (non-hydrogen) atoms. The molecule has 2 aromatic heterocycles. The Morgan fingerprint density at radius 3 is 2.40 bits per heavy atom. The van der Waals surface area contributed by atoms with Gasteiger partial charge in [0.1, 0.15) is 12.1 Å². The van der Waals surface area contributed by atoms with Gasteiger partial charge in [0, 0.05) is 25.2 Å². The van der Waals surface area contributed by atoms with E-state index in [1.54, 1.807) is 30.3 Å². The van der Waals surface area contributed by atoms with E-state index in [0.29, 0.717) is 29.7 Å². The van der Waals surface area contributed by atoms with Crippen molar-refractivity contribution in [2.45, 2.75) is 48.8 Å². The van der Waals surface area contributed by atoms with Crippen LogP contribution in [0.25, 0.3) is 11.0 Å². The maximum atomic E-state index is 13.2. The third kappa shape index (κ3) is 4.19. The zero-order valence-electron chi connectivity index (χ0n) is 19.6. The molecule has 11 heteroatoms. The van der Waals surface area contributed by atoms with Crippen LogP contribution in [0.2, 0.25) is 0 Å². The van der Waals surface area contributed by atoms with Gasteiger partial charge in [0.15, 0.2) is 15.5 Å². The van der Waals surface area contributed by atoms with Crippen molar-refractivity contribution in [3.05, 3.63) is 48.4 Å². The highest BCUT2D eigenvalue weighted by atomic mass is 32.2. The summed E-state index contributed by atoms with van der Waals surface area (Å²) in [5.41, 5.74) is 1.27. The van der Waals surface area contributed by atoms with Gasteiger partial charge in [-0.05, 0) is 56.7 Å². The molecule has 0 N–H and O–H groups in total. The second-order valence-corrected chi connectivity index (χ2v) is 13.9. The van der Waals surface area contributed by atoms with Gasteiger partial charge in [-0.2, -0.15) is 5.26 Å². The molecule has 2 fully saturated rings. The summed E-state index contributed by atoms with van der Waals surface area (Å²) in [5, 5.41) is 9.16. The molecule has 0 unspecified atom stereocenters. The van der Waals surface area contributed by atoms with E-state index in [2.05, 4.69) is 16.0 Å². The summed E-state index contributed by atoms with van der Waals surface area (Å²) < 4.78 is 52.9. The monoisotopic (exact) mass is 513 g/mol. The Morgan fingerprint density at radius 2 is 1.74 bits per heavy atom. The molecule has 5 rings (SSSR count). The third-order valence-corrected chi connectivity index (χ3v) is 11.4. The molecule has 0 aliphatic heterocycles. The number of nitriles is 1. The zero-order valence-corrected chi connectivity index (χ0v) is 21.2. The first-order valence-electron chi connectivity index (χ1n) is 11.6. The van der Waals surface area contributed by atoms with Crippen molar-refractivity contribution in [2.75, 3.05) is 17.7 Å². The molecular formula is C24H27N5O4S2. The van der Waals surface area contributed by atoms with Crippen molar-refractivity contribution in [1.82, 2.24) is 13.9 Å². The fraction of sp³-hybridized carbons (Fsp3) is 0.458. The Hall–Kier alpha value is -2.97. The lowest BCUT2D eigenvalue weighted by molar-refractivity contribution is 0.279. The van der Waals surface area contributed by atoms with Crippen LogP contribution in [0, 0.1) is 30.1 Å². The second kappa shape index (κ2) is 8.60. The predicted octanol–water partition coefficient (Wildman–Crippen LogP) is 2.91. The first-order chi connectivity index (χ1) is 16.6. The van der Waals surface area contributed by atoms with Crippen LogP contribution in [0.4, 0.5) is 5.82 Å². The number of benzene rings is 1. The van der Waals surface area contributed by atoms with Gasteiger partial charge in [-0.3, -0.25) is 0 Å². The lowest BCUT2D eigenvalue weighted by Crippen LogP contribution is -2.47. The summed E-state index contributed by atoms with van der Waals surface area (Å²) in [6.07, 6.45) is 5.20. The molecule has 2 aliphatic rings. The summed E-state index contributed by atoms with van der Waals surface area (Å²) in [6.45, 7) is 1.90. The van der Waals surface area contributed by atoms with E-state index in [-0.39, 0.29) is 33.8 Å². The van der Waals surface area contributed by atoms with Crippen LogP contribution in [0.1, 0.15) is 31.2 Å². The van der Waals surface area contributed by atoms with Crippen molar-refractivity contribution >= 4 is 36.7 Å². The van der Waals surface area contributed by atoms with E-state index in [9.17, 15) is 16.8 Å². The molecule has 184 valence electrons. The molecular weight excluding hydrogens is 486 g/mol. The molecule has 0 bridgehead atoms. The van der Waals surface area contributed by atoms with Crippen molar-refractivity contribution in [2.24, 2.45) is 11.8 Å². The molecule has 2 heterocycles. The van der Waals surface area contributed by atoms with Crippen LogP contribution in [0.3, 0.4) is 0 Å². The Kier molecular flexibility index (Phi) is 5.84. The van der Waals surface area contributed by atoms with E-state index in [1.807, 2.05) is 18.9 Å². The van der Waals surface area contributed by atoms with Crippen LogP contribution < -0.4 is 4.90 Å². The maximum absolute atomic E-state index is 13.2. The molecule has 2 saturated carbocycles. The van der Waals surface area contributed by atoms with Crippen molar-refractivity contribution < 1.29 is 16.8 Å². The van der Waals surface area contributed by atoms with Gasteiger partial charge in [-0.25, -0.2) is 30.8 Å². The van der Waals surface area contributed by atoms with Gasteiger partial charge in [0.05, 0.1) is 27.4 Å².